The summed E-state index contributed by atoms with van der Waals surface area (Å²) in [7, 11) is 0. The maximum Gasteiger partial charge on any atom is 0.243 e. The summed E-state index contributed by atoms with van der Waals surface area (Å²) in [6.07, 6.45) is 0.846. The molecular formula is C19H21FN2O2. The molecule has 0 aromatic heterocycles. The number of benzene rings is 2. The SMILES string of the molecule is CCc1cccc(C)c1NC(=O)CNC(=O)Cc1cccc(F)c1. The van der Waals surface area contributed by atoms with Gasteiger partial charge in [0.05, 0.1) is 13.0 Å². The van der Waals surface area contributed by atoms with E-state index in [-0.39, 0.29) is 30.6 Å². The Labute approximate surface area is 141 Å². The van der Waals surface area contributed by atoms with Gasteiger partial charge in [-0.15, -0.1) is 0 Å². The number of anilines is 1. The van der Waals surface area contributed by atoms with Gasteiger partial charge in [0, 0.05) is 5.69 Å². The van der Waals surface area contributed by atoms with Crippen LogP contribution in [0.2, 0.25) is 0 Å². The summed E-state index contributed by atoms with van der Waals surface area (Å²) in [5.74, 6) is -0.993. The van der Waals surface area contributed by atoms with E-state index < -0.39 is 0 Å². The molecule has 0 aliphatic carbocycles. The first kappa shape index (κ1) is 17.7. The Bertz CT molecular complexity index is 744. The largest absolute Gasteiger partial charge is 0.347 e. The molecule has 0 aliphatic rings. The molecule has 0 heterocycles. The lowest BCUT2D eigenvalue weighted by Crippen LogP contribution is -2.34. The van der Waals surface area contributed by atoms with Gasteiger partial charge in [0.2, 0.25) is 11.8 Å². The lowest BCUT2D eigenvalue weighted by Gasteiger charge is -2.13. The van der Waals surface area contributed by atoms with Crippen LogP contribution in [-0.2, 0) is 22.4 Å². The number of rotatable bonds is 6. The molecule has 2 aromatic carbocycles. The van der Waals surface area contributed by atoms with Crippen molar-refractivity contribution >= 4 is 17.5 Å². The third-order valence-electron chi connectivity index (χ3n) is 3.70. The van der Waals surface area contributed by atoms with E-state index in [0.717, 1.165) is 23.2 Å². The summed E-state index contributed by atoms with van der Waals surface area (Å²) >= 11 is 0. The number of hydrogen-bond donors (Lipinski definition) is 2. The summed E-state index contributed by atoms with van der Waals surface area (Å²) in [6.45, 7) is 3.83. The van der Waals surface area contributed by atoms with Gasteiger partial charge in [-0.2, -0.15) is 0 Å². The zero-order valence-electron chi connectivity index (χ0n) is 13.9. The normalized spacial score (nSPS) is 10.3. The van der Waals surface area contributed by atoms with Crippen molar-refractivity contribution in [3.05, 3.63) is 65.0 Å². The van der Waals surface area contributed by atoms with Gasteiger partial charge in [0.25, 0.3) is 0 Å². The van der Waals surface area contributed by atoms with Gasteiger partial charge in [-0.3, -0.25) is 9.59 Å². The monoisotopic (exact) mass is 328 g/mol. The maximum absolute atomic E-state index is 13.1. The number of carbonyl (C=O) groups is 2. The highest BCUT2D eigenvalue weighted by Crippen LogP contribution is 2.20. The highest BCUT2D eigenvalue weighted by molar-refractivity contribution is 5.96. The van der Waals surface area contributed by atoms with Crippen LogP contribution in [0.3, 0.4) is 0 Å². The molecule has 5 heteroatoms. The molecule has 0 saturated heterocycles. The first-order chi connectivity index (χ1) is 11.5. The second-order valence-electron chi connectivity index (χ2n) is 5.59. The Kier molecular flexibility index (Phi) is 6.07. The summed E-state index contributed by atoms with van der Waals surface area (Å²) in [5, 5.41) is 5.40. The van der Waals surface area contributed by atoms with E-state index in [1.54, 1.807) is 12.1 Å². The number of hydrogen-bond acceptors (Lipinski definition) is 2. The highest BCUT2D eigenvalue weighted by Gasteiger charge is 2.10. The highest BCUT2D eigenvalue weighted by atomic mass is 19.1. The molecule has 0 atom stereocenters. The van der Waals surface area contributed by atoms with Crippen LogP contribution >= 0.6 is 0 Å². The van der Waals surface area contributed by atoms with Crippen LogP contribution in [0.1, 0.15) is 23.6 Å². The van der Waals surface area contributed by atoms with E-state index >= 15 is 0 Å². The van der Waals surface area contributed by atoms with Gasteiger partial charge in [-0.25, -0.2) is 4.39 Å². The van der Waals surface area contributed by atoms with Gasteiger partial charge in [0.15, 0.2) is 0 Å². The fraction of sp³-hybridized carbons (Fsp3) is 0.263. The van der Waals surface area contributed by atoms with Crippen molar-refractivity contribution in [1.82, 2.24) is 5.32 Å². The molecule has 24 heavy (non-hydrogen) atoms. The zero-order chi connectivity index (χ0) is 17.5. The Balaban J connectivity index is 1.88. The van der Waals surface area contributed by atoms with Crippen LogP contribution in [0, 0.1) is 12.7 Å². The Morgan fingerprint density at radius 1 is 1.08 bits per heavy atom. The van der Waals surface area contributed by atoms with E-state index in [4.69, 9.17) is 0 Å². The van der Waals surface area contributed by atoms with E-state index in [1.807, 2.05) is 32.0 Å². The van der Waals surface area contributed by atoms with Crippen molar-refractivity contribution in [1.29, 1.82) is 0 Å². The first-order valence-corrected chi connectivity index (χ1v) is 7.89. The van der Waals surface area contributed by atoms with Gasteiger partial charge in [-0.1, -0.05) is 37.3 Å². The Morgan fingerprint density at radius 2 is 1.83 bits per heavy atom. The Morgan fingerprint density at radius 3 is 2.54 bits per heavy atom. The first-order valence-electron chi connectivity index (χ1n) is 7.89. The number of nitrogens with one attached hydrogen (secondary N) is 2. The molecule has 0 spiro atoms. The van der Waals surface area contributed by atoms with E-state index in [9.17, 15) is 14.0 Å². The third-order valence-corrected chi connectivity index (χ3v) is 3.70. The topological polar surface area (TPSA) is 58.2 Å². The minimum Gasteiger partial charge on any atom is -0.347 e. The number of para-hydroxylation sites is 1. The van der Waals surface area contributed by atoms with Crippen molar-refractivity contribution in [3.8, 4) is 0 Å². The number of halogens is 1. The van der Waals surface area contributed by atoms with Crippen LogP contribution in [0.5, 0.6) is 0 Å². The zero-order valence-corrected chi connectivity index (χ0v) is 13.9. The lowest BCUT2D eigenvalue weighted by molar-refractivity contribution is -0.123. The standard InChI is InChI=1S/C19H21FN2O2/c1-3-15-8-4-6-13(2)19(15)22-18(24)12-21-17(23)11-14-7-5-9-16(20)10-14/h4-10H,3,11-12H2,1-2H3,(H,21,23)(H,22,24). The van der Waals surface area contributed by atoms with E-state index in [2.05, 4.69) is 10.6 Å². The lowest BCUT2D eigenvalue weighted by atomic mass is 10.1. The van der Waals surface area contributed by atoms with Crippen LogP contribution in [0.4, 0.5) is 10.1 Å². The third kappa shape index (κ3) is 4.91. The molecule has 0 radical (unpaired) electrons. The second-order valence-corrected chi connectivity index (χ2v) is 5.59. The van der Waals surface area contributed by atoms with Crippen molar-refractivity contribution in [3.63, 3.8) is 0 Å². The summed E-state index contributed by atoms with van der Waals surface area (Å²) in [4.78, 5) is 23.9. The molecule has 2 N–H and O–H groups in total. The molecule has 0 unspecified atom stereocenters. The number of carbonyl (C=O) groups excluding carboxylic acids is 2. The minimum absolute atomic E-state index is 0.0373. The molecule has 2 aromatic rings. The van der Waals surface area contributed by atoms with Crippen molar-refractivity contribution in [2.75, 3.05) is 11.9 Å². The van der Waals surface area contributed by atoms with Gasteiger partial charge in [-0.05, 0) is 42.2 Å². The van der Waals surface area contributed by atoms with Crippen molar-refractivity contribution in [2.24, 2.45) is 0 Å². The van der Waals surface area contributed by atoms with Crippen LogP contribution < -0.4 is 10.6 Å². The van der Waals surface area contributed by atoms with Crippen LogP contribution in [0.15, 0.2) is 42.5 Å². The molecule has 4 nitrogen and oxygen atoms in total. The van der Waals surface area contributed by atoms with Crippen LogP contribution in [-0.4, -0.2) is 18.4 Å². The van der Waals surface area contributed by atoms with Gasteiger partial charge in [0.1, 0.15) is 5.82 Å². The quantitative estimate of drug-likeness (QED) is 0.856. The predicted molar refractivity (Wildman–Crippen MR) is 92.3 cm³/mol. The second kappa shape index (κ2) is 8.24. The Hall–Kier alpha value is -2.69. The number of aryl methyl sites for hydroxylation is 2. The average Bonchev–Trinajstić information content (AvgIpc) is 2.55. The summed E-state index contributed by atoms with van der Waals surface area (Å²) in [6, 6.07) is 11.7. The van der Waals surface area contributed by atoms with Crippen LogP contribution in [0.25, 0.3) is 0 Å². The molecule has 0 fully saturated rings. The number of amides is 2. The summed E-state index contributed by atoms with van der Waals surface area (Å²) in [5.41, 5.74) is 3.40. The average molecular weight is 328 g/mol. The van der Waals surface area contributed by atoms with Gasteiger partial charge >= 0.3 is 0 Å². The molecule has 0 saturated carbocycles. The fourth-order valence-corrected chi connectivity index (χ4v) is 2.46. The summed E-state index contributed by atoms with van der Waals surface area (Å²) < 4.78 is 13.1. The maximum atomic E-state index is 13.1. The van der Waals surface area contributed by atoms with Gasteiger partial charge < -0.3 is 10.6 Å². The molecule has 2 amide bonds. The smallest absolute Gasteiger partial charge is 0.243 e. The molecule has 2 rings (SSSR count). The fourth-order valence-electron chi connectivity index (χ4n) is 2.46. The van der Waals surface area contributed by atoms with Crippen molar-refractivity contribution < 1.29 is 14.0 Å². The molecular weight excluding hydrogens is 307 g/mol. The molecule has 0 aliphatic heterocycles. The van der Waals surface area contributed by atoms with E-state index in [0.29, 0.717) is 5.56 Å². The van der Waals surface area contributed by atoms with E-state index in [1.165, 1.54) is 12.1 Å². The minimum atomic E-state index is -0.385. The molecule has 126 valence electrons. The predicted octanol–water partition coefficient (Wildman–Crippen LogP) is 2.99. The van der Waals surface area contributed by atoms with Crippen molar-refractivity contribution in [2.45, 2.75) is 26.7 Å². The molecule has 0 bridgehead atoms.